The number of hydrogen-bond acceptors (Lipinski definition) is 1. The molecule has 0 aliphatic carbocycles. The van der Waals surface area contributed by atoms with Crippen LogP contribution in [0, 0.1) is 0 Å². The van der Waals surface area contributed by atoms with E-state index in [4.69, 9.17) is 23.2 Å². The van der Waals surface area contributed by atoms with Crippen molar-refractivity contribution in [1.82, 2.24) is 0 Å². The van der Waals surface area contributed by atoms with Gasteiger partial charge >= 0.3 is 0 Å². The van der Waals surface area contributed by atoms with Gasteiger partial charge in [-0.2, -0.15) is 0 Å². The summed E-state index contributed by atoms with van der Waals surface area (Å²) in [7, 11) is 0. The van der Waals surface area contributed by atoms with Crippen LogP contribution >= 0.6 is 39.1 Å². The lowest BCUT2D eigenvalue weighted by Crippen LogP contribution is -2.03. The molecule has 1 nitrogen and oxygen atoms in total. The Balaban J connectivity index is 2.25. The predicted molar refractivity (Wildman–Crippen MR) is 79.3 cm³/mol. The van der Waals surface area contributed by atoms with Gasteiger partial charge in [-0.15, -0.1) is 0 Å². The molecule has 0 aliphatic rings. The second kappa shape index (κ2) is 6.07. The molecule has 0 saturated heterocycles. The molecular formula is C14H11BrCl2O. The maximum absolute atomic E-state index is 10.2. The van der Waals surface area contributed by atoms with Crippen molar-refractivity contribution in [3.63, 3.8) is 0 Å². The molecule has 18 heavy (non-hydrogen) atoms. The van der Waals surface area contributed by atoms with Crippen LogP contribution in [0.2, 0.25) is 10.0 Å². The molecule has 2 aromatic carbocycles. The van der Waals surface area contributed by atoms with Gasteiger partial charge in [0.2, 0.25) is 0 Å². The number of aliphatic hydroxyl groups excluding tert-OH is 1. The van der Waals surface area contributed by atoms with Gasteiger partial charge in [0.15, 0.2) is 0 Å². The van der Waals surface area contributed by atoms with Crippen molar-refractivity contribution in [3.8, 4) is 0 Å². The highest BCUT2D eigenvalue weighted by Gasteiger charge is 2.14. The van der Waals surface area contributed by atoms with Crippen LogP contribution in [0.15, 0.2) is 46.9 Å². The number of rotatable bonds is 3. The lowest BCUT2D eigenvalue weighted by Gasteiger charge is -2.14. The van der Waals surface area contributed by atoms with Crippen molar-refractivity contribution in [2.24, 2.45) is 0 Å². The summed E-state index contributed by atoms with van der Waals surface area (Å²) < 4.78 is 0.974. The zero-order chi connectivity index (χ0) is 13.1. The Hall–Kier alpha value is -0.540. The molecule has 0 heterocycles. The van der Waals surface area contributed by atoms with E-state index in [2.05, 4.69) is 15.9 Å². The Kier molecular flexibility index (Phi) is 4.68. The molecule has 0 amide bonds. The first-order chi connectivity index (χ1) is 8.58. The number of benzene rings is 2. The average Bonchev–Trinajstić information content (AvgIpc) is 2.35. The van der Waals surface area contributed by atoms with E-state index >= 15 is 0 Å². The molecule has 0 radical (unpaired) electrons. The minimum atomic E-state index is -0.671. The van der Waals surface area contributed by atoms with Gasteiger partial charge in [0.25, 0.3) is 0 Å². The second-order valence-corrected chi connectivity index (χ2v) is 5.68. The van der Waals surface area contributed by atoms with Crippen LogP contribution < -0.4 is 0 Å². The third-order valence-electron chi connectivity index (χ3n) is 2.69. The van der Waals surface area contributed by atoms with Crippen molar-refractivity contribution in [1.29, 1.82) is 0 Å². The normalized spacial score (nSPS) is 12.4. The summed E-state index contributed by atoms with van der Waals surface area (Å²) in [4.78, 5) is 0. The first-order valence-electron chi connectivity index (χ1n) is 5.44. The van der Waals surface area contributed by atoms with Crippen LogP contribution in [0.5, 0.6) is 0 Å². The topological polar surface area (TPSA) is 20.2 Å². The van der Waals surface area contributed by atoms with E-state index in [1.165, 1.54) is 0 Å². The molecule has 2 aromatic rings. The van der Waals surface area contributed by atoms with E-state index in [-0.39, 0.29) is 0 Å². The van der Waals surface area contributed by atoms with Gasteiger partial charge in [0.05, 0.1) is 6.10 Å². The maximum atomic E-state index is 10.2. The zero-order valence-electron chi connectivity index (χ0n) is 9.41. The molecule has 94 valence electrons. The number of aliphatic hydroxyl groups is 1. The third kappa shape index (κ3) is 3.27. The minimum Gasteiger partial charge on any atom is -0.388 e. The predicted octanol–water partition coefficient (Wildman–Crippen LogP) is 5.03. The Morgan fingerprint density at radius 2 is 1.83 bits per heavy atom. The summed E-state index contributed by atoms with van der Waals surface area (Å²) in [6, 6.07) is 12.9. The molecule has 0 spiro atoms. The van der Waals surface area contributed by atoms with Crippen molar-refractivity contribution in [3.05, 3.63) is 68.1 Å². The molecule has 0 aliphatic heterocycles. The molecule has 1 unspecified atom stereocenters. The van der Waals surface area contributed by atoms with E-state index < -0.39 is 6.10 Å². The Morgan fingerprint density at radius 1 is 1.11 bits per heavy atom. The standard InChI is InChI=1S/C14H11BrCl2O/c15-12-4-2-1-3-9(12)7-14(18)11-8-10(16)5-6-13(11)17/h1-6,8,14,18H,7H2. The first kappa shape index (κ1) is 13.9. The summed E-state index contributed by atoms with van der Waals surface area (Å²) in [5, 5.41) is 11.3. The highest BCUT2D eigenvalue weighted by atomic mass is 79.9. The van der Waals surface area contributed by atoms with Crippen LogP contribution in [0.3, 0.4) is 0 Å². The van der Waals surface area contributed by atoms with Crippen molar-refractivity contribution >= 4 is 39.1 Å². The molecule has 0 saturated carbocycles. The number of halogens is 3. The van der Waals surface area contributed by atoms with Gasteiger partial charge < -0.3 is 5.11 Å². The fourth-order valence-corrected chi connectivity index (χ4v) is 2.62. The summed E-state index contributed by atoms with van der Waals surface area (Å²) in [6.45, 7) is 0. The molecule has 1 N–H and O–H groups in total. The van der Waals surface area contributed by atoms with Gasteiger partial charge in [-0.05, 0) is 29.8 Å². The molecule has 0 aromatic heterocycles. The van der Waals surface area contributed by atoms with Gasteiger partial charge in [0.1, 0.15) is 0 Å². The minimum absolute atomic E-state index is 0.488. The largest absolute Gasteiger partial charge is 0.388 e. The van der Waals surface area contributed by atoms with Gasteiger partial charge in [-0.25, -0.2) is 0 Å². The fraction of sp³-hybridized carbons (Fsp3) is 0.143. The Labute approximate surface area is 124 Å². The van der Waals surface area contributed by atoms with Crippen molar-refractivity contribution < 1.29 is 5.11 Å². The van der Waals surface area contributed by atoms with Gasteiger partial charge in [0, 0.05) is 26.5 Å². The lowest BCUT2D eigenvalue weighted by molar-refractivity contribution is 0.178. The van der Waals surface area contributed by atoms with Crippen LogP contribution in [0.4, 0.5) is 0 Å². The molecule has 2 rings (SSSR count). The Morgan fingerprint density at radius 3 is 2.56 bits per heavy atom. The van der Waals surface area contributed by atoms with Crippen LogP contribution in [0.1, 0.15) is 17.2 Å². The summed E-state index contributed by atoms with van der Waals surface area (Å²) in [6.07, 6.45) is -0.184. The summed E-state index contributed by atoms with van der Waals surface area (Å²) >= 11 is 15.4. The summed E-state index contributed by atoms with van der Waals surface area (Å²) in [5.41, 5.74) is 1.68. The maximum Gasteiger partial charge on any atom is 0.0845 e. The Bertz CT molecular complexity index is 557. The van der Waals surface area contributed by atoms with Gasteiger partial charge in [-0.1, -0.05) is 57.3 Å². The molecule has 1 atom stereocenters. The quantitative estimate of drug-likeness (QED) is 0.826. The van der Waals surface area contributed by atoms with Crippen molar-refractivity contribution in [2.45, 2.75) is 12.5 Å². The molecular weight excluding hydrogens is 335 g/mol. The molecule has 0 bridgehead atoms. The highest BCUT2D eigenvalue weighted by molar-refractivity contribution is 9.10. The van der Waals surface area contributed by atoms with Crippen molar-refractivity contribution in [2.75, 3.05) is 0 Å². The van der Waals surface area contributed by atoms with Crippen LogP contribution in [-0.2, 0) is 6.42 Å². The first-order valence-corrected chi connectivity index (χ1v) is 6.99. The van der Waals surface area contributed by atoms with E-state index in [1.54, 1.807) is 18.2 Å². The fourth-order valence-electron chi connectivity index (χ4n) is 1.75. The summed E-state index contributed by atoms with van der Waals surface area (Å²) in [5.74, 6) is 0. The molecule has 0 fully saturated rings. The van der Waals surface area contributed by atoms with E-state index in [1.807, 2.05) is 24.3 Å². The monoisotopic (exact) mass is 344 g/mol. The zero-order valence-corrected chi connectivity index (χ0v) is 12.5. The smallest absolute Gasteiger partial charge is 0.0845 e. The van der Waals surface area contributed by atoms with E-state index in [0.29, 0.717) is 22.0 Å². The molecule has 4 heteroatoms. The average molecular weight is 346 g/mol. The highest BCUT2D eigenvalue weighted by Crippen LogP contribution is 2.30. The van der Waals surface area contributed by atoms with Crippen LogP contribution in [0.25, 0.3) is 0 Å². The van der Waals surface area contributed by atoms with Crippen LogP contribution in [-0.4, -0.2) is 5.11 Å². The SMILES string of the molecule is OC(Cc1ccccc1Br)c1cc(Cl)ccc1Cl. The second-order valence-electron chi connectivity index (χ2n) is 3.98. The third-order valence-corrected chi connectivity index (χ3v) is 4.04. The van der Waals surface area contributed by atoms with Gasteiger partial charge in [-0.3, -0.25) is 0 Å². The van der Waals surface area contributed by atoms with E-state index in [0.717, 1.165) is 10.0 Å². The number of hydrogen-bond donors (Lipinski definition) is 1. The lowest BCUT2D eigenvalue weighted by atomic mass is 10.0. The van der Waals surface area contributed by atoms with E-state index in [9.17, 15) is 5.11 Å².